The number of hydrogen-bond donors (Lipinski definition) is 2. The number of carboxylic acids is 1. The molecule has 4 nitrogen and oxygen atoms in total. The quantitative estimate of drug-likeness (QED) is 0.336. The zero-order valence-electron chi connectivity index (χ0n) is 15.2. The molecule has 1 aromatic heterocycles. The molecule has 4 rings (SSSR count). The second kappa shape index (κ2) is 6.94. The van der Waals surface area contributed by atoms with E-state index in [0.29, 0.717) is 5.56 Å². The summed E-state index contributed by atoms with van der Waals surface area (Å²) in [6, 6.07) is 6.55. The molecule has 152 valence electrons. The van der Waals surface area contributed by atoms with Crippen molar-refractivity contribution in [3.05, 3.63) is 76.6 Å². The number of imidazole rings is 1. The molecule has 0 aliphatic carbocycles. The highest BCUT2D eigenvalue weighted by molar-refractivity contribution is 6.02. The van der Waals surface area contributed by atoms with Crippen LogP contribution in [0.2, 0.25) is 0 Å². The molecule has 30 heavy (non-hydrogen) atoms. The third kappa shape index (κ3) is 2.99. The van der Waals surface area contributed by atoms with Crippen LogP contribution < -0.4 is 0 Å². The van der Waals surface area contributed by atoms with Crippen molar-refractivity contribution in [3.63, 3.8) is 0 Å². The van der Waals surface area contributed by atoms with Gasteiger partial charge in [0.1, 0.15) is 17.2 Å². The van der Waals surface area contributed by atoms with E-state index >= 15 is 0 Å². The minimum absolute atomic E-state index is 0.120. The number of carboxylic acid groups (broad SMARTS) is 1. The van der Waals surface area contributed by atoms with Crippen LogP contribution in [0.3, 0.4) is 0 Å². The summed E-state index contributed by atoms with van der Waals surface area (Å²) in [5.41, 5.74) is -2.07. The van der Waals surface area contributed by atoms with Crippen molar-refractivity contribution in [3.8, 4) is 22.5 Å². The molecular weight excluding hydrogens is 407 g/mol. The number of hydrogen-bond acceptors (Lipinski definition) is 2. The standard InChI is InChI=1S/C21H11F5N2O2/c1-8-6-11(21(29)30)19-12(7-8)27-20(28-19)14-17(25)15(23)13(16(24)18(14)26)9-2-4-10(22)5-3-9/h2-7H,1H3,(H,27,28)(H,29,30). The minimum Gasteiger partial charge on any atom is -0.478 e. The van der Waals surface area contributed by atoms with E-state index in [1.165, 1.54) is 12.1 Å². The van der Waals surface area contributed by atoms with Gasteiger partial charge in [-0.3, -0.25) is 0 Å². The van der Waals surface area contributed by atoms with Gasteiger partial charge in [0.05, 0.1) is 22.2 Å². The summed E-state index contributed by atoms with van der Waals surface area (Å²) in [5, 5.41) is 9.32. The Morgan fingerprint density at radius 2 is 1.47 bits per heavy atom. The van der Waals surface area contributed by atoms with Crippen molar-refractivity contribution < 1.29 is 31.9 Å². The fourth-order valence-electron chi connectivity index (χ4n) is 3.25. The van der Waals surface area contributed by atoms with E-state index in [-0.39, 0.29) is 22.2 Å². The van der Waals surface area contributed by atoms with E-state index in [0.717, 1.165) is 24.3 Å². The summed E-state index contributed by atoms with van der Waals surface area (Å²) in [7, 11) is 0. The fraction of sp³-hybridized carbons (Fsp3) is 0.0476. The molecule has 1 heterocycles. The molecule has 9 heteroatoms. The van der Waals surface area contributed by atoms with Crippen LogP contribution in [0.15, 0.2) is 36.4 Å². The van der Waals surface area contributed by atoms with Gasteiger partial charge in [-0.1, -0.05) is 12.1 Å². The van der Waals surface area contributed by atoms with Crippen molar-refractivity contribution in [1.82, 2.24) is 9.97 Å². The number of aromatic carboxylic acids is 1. The van der Waals surface area contributed by atoms with E-state index in [9.17, 15) is 31.9 Å². The molecule has 3 aromatic carbocycles. The maximum Gasteiger partial charge on any atom is 0.337 e. The van der Waals surface area contributed by atoms with Crippen molar-refractivity contribution in [2.24, 2.45) is 0 Å². The van der Waals surface area contributed by atoms with Gasteiger partial charge in [0.2, 0.25) is 0 Å². The first-order valence-electron chi connectivity index (χ1n) is 8.55. The lowest BCUT2D eigenvalue weighted by Gasteiger charge is -2.11. The van der Waals surface area contributed by atoms with E-state index < -0.39 is 52.0 Å². The molecule has 2 N–H and O–H groups in total. The third-order valence-corrected chi connectivity index (χ3v) is 4.59. The minimum atomic E-state index is -1.72. The summed E-state index contributed by atoms with van der Waals surface area (Å²) in [4.78, 5) is 17.8. The molecule has 0 fully saturated rings. The largest absolute Gasteiger partial charge is 0.478 e. The molecule has 0 bridgehead atoms. The summed E-state index contributed by atoms with van der Waals surface area (Å²) in [6.07, 6.45) is 0. The van der Waals surface area contributed by atoms with E-state index in [2.05, 4.69) is 9.97 Å². The Kier molecular flexibility index (Phi) is 4.53. The highest BCUT2D eigenvalue weighted by atomic mass is 19.2. The Morgan fingerprint density at radius 3 is 2.03 bits per heavy atom. The zero-order valence-corrected chi connectivity index (χ0v) is 15.2. The topological polar surface area (TPSA) is 66.0 Å². The van der Waals surface area contributed by atoms with Gasteiger partial charge in [0, 0.05) is 0 Å². The molecule has 0 spiro atoms. The molecule has 0 atom stereocenters. The van der Waals surface area contributed by atoms with Crippen LogP contribution in [0.25, 0.3) is 33.5 Å². The number of benzene rings is 3. The van der Waals surface area contributed by atoms with Crippen LogP contribution in [0.1, 0.15) is 15.9 Å². The van der Waals surface area contributed by atoms with Crippen molar-refractivity contribution >= 4 is 17.0 Å². The Morgan fingerprint density at radius 1 is 0.900 bits per heavy atom. The number of aromatic nitrogens is 2. The lowest BCUT2D eigenvalue weighted by molar-refractivity contribution is 0.0698. The number of halogens is 5. The van der Waals surface area contributed by atoms with Crippen LogP contribution in [-0.2, 0) is 0 Å². The number of nitrogens with one attached hydrogen (secondary N) is 1. The summed E-state index contributed by atoms with van der Waals surface area (Å²) in [6.45, 7) is 1.60. The van der Waals surface area contributed by atoms with Gasteiger partial charge in [-0.25, -0.2) is 31.7 Å². The lowest BCUT2D eigenvalue weighted by atomic mass is 10.0. The normalized spacial score (nSPS) is 11.3. The van der Waals surface area contributed by atoms with E-state index in [4.69, 9.17) is 0 Å². The van der Waals surface area contributed by atoms with Gasteiger partial charge >= 0.3 is 5.97 Å². The lowest BCUT2D eigenvalue weighted by Crippen LogP contribution is -2.04. The van der Waals surface area contributed by atoms with Crippen molar-refractivity contribution in [2.45, 2.75) is 6.92 Å². The highest BCUT2D eigenvalue weighted by Gasteiger charge is 2.29. The number of aromatic amines is 1. The highest BCUT2D eigenvalue weighted by Crippen LogP contribution is 2.37. The first-order chi connectivity index (χ1) is 14.2. The summed E-state index contributed by atoms with van der Waals surface area (Å²) in [5.74, 6) is -9.41. The monoisotopic (exact) mass is 418 g/mol. The molecule has 0 radical (unpaired) electrons. The summed E-state index contributed by atoms with van der Waals surface area (Å²) >= 11 is 0. The Balaban J connectivity index is 1.98. The SMILES string of the molecule is Cc1cc(C(=O)O)c2nc(-c3c(F)c(F)c(-c4ccc(F)cc4)c(F)c3F)[nH]c2c1. The Labute approximate surface area is 165 Å². The first-order valence-corrected chi connectivity index (χ1v) is 8.55. The molecule has 0 saturated carbocycles. The maximum absolute atomic E-state index is 14.8. The Hall–Kier alpha value is -3.75. The van der Waals surface area contributed by atoms with Gasteiger partial charge in [0.15, 0.2) is 23.3 Å². The number of H-pyrrole nitrogens is 1. The number of fused-ring (bicyclic) bond motifs is 1. The fourth-order valence-corrected chi connectivity index (χ4v) is 3.25. The smallest absolute Gasteiger partial charge is 0.337 e. The van der Waals surface area contributed by atoms with Crippen molar-refractivity contribution in [1.29, 1.82) is 0 Å². The van der Waals surface area contributed by atoms with Gasteiger partial charge in [-0.2, -0.15) is 0 Å². The molecule has 4 aromatic rings. The van der Waals surface area contributed by atoms with Gasteiger partial charge in [-0.15, -0.1) is 0 Å². The average molecular weight is 418 g/mol. The maximum atomic E-state index is 14.8. The van der Waals surface area contributed by atoms with Crippen LogP contribution in [0.4, 0.5) is 22.0 Å². The molecule has 0 amide bonds. The van der Waals surface area contributed by atoms with Crippen LogP contribution in [0.5, 0.6) is 0 Å². The first kappa shape index (κ1) is 19.6. The van der Waals surface area contributed by atoms with Crippen LogP contribution in [0, 0.1) is 36.0 Å². The zero-order chi connectivity index (χ0) is 21.7. The predicted molar refractivity (Wildman–Crippen MR) is 98.5 cm³/mol. The number of aryl methyl sites for hydroxylation is 1. The second-order valence-electron chi connectivity index (χ2n) is 6.61. The number of rotatable bonds is 3. The average Bonchev–Trinajstić information content (AvgIpc) is 3.10. The van der Waals surface area contributed by atoms with Crippen molar-refractivity contribution in [2.75, 3.05) is 0 Å². The molecule has 0 unspecified atom stereocenters. The van der Waals surface area contributed by atoms with Crippen LogP contribution in [-0.4, -0.2) is 21.0 Å². The molecule has 0 aliphatic rings. The number of nitrogens with zero attached hydrogens (tertiary/aromatic N) is 1. The summed E-state index contributed by atoms with van der Waals surface area (Å²) < 4.78 is 72.0. The van der Waals surface area contributed by atoms with Crippen LogP contribution >= 0.6 is 0 Å². The van der Waals surface area contributed by atoms with Gasteiger partial charge in [0.25, 0.3) is 0 Å². The Bertz CT molecular complexity index is 1300. The van der Waals surface area contributed by atoms with Gasteiger partial charge < -0.3 is 10.1 Å². The third-order valence-electron chi connectivity index (χ3n) is 4.59. The second-order valence-corrected chi connectivity index (χ2v) is 6.61. The molecule has 0 saturated heterocycles. The van der Waals surface area contributed by atoms with Gasteiger partial charge in [-0.05, 0) is 42.3 Å². The molecular formula is C21H11F5N2O2. The van der Waals surface area contributed by atoms with E-state index in [1.807, 2.05) is 0 Å². The number of carbonyl (C=O) groups is 1. The predicted octanol–water partition coefficient (Wildman–Crippen LogP) is 5.60. The molecule has 0 aliphatic heterocycles. The van der Waals surface area contributed by atoms with E-state index in [1.54, 1.807) is 6.92 Å².